The van der Waals surface area contributed by atoms with Gasteiger partial charge in [-0.2, -0.15) is 5.10 Å². The number of anilines is 2. The topological polar surface area (TPSA) is 114 Å². The summed E-state index contributed by atoms with van der Waals surface area (Å²) in [5.41, 5.74) is 10.9. The Morgan fingerprint density at radius 2 is 1.85 bits per heavy atom. The Balaban J connectivity index is 1.61. The van der Waals surface area contributed by atoms with E-state index in [1.807, 2.05) is 43.7 Å². The standard InChI is InChI=1S/C26H34N8/c1-17(2)18-13-25(34-30-15-18)33-24-11-10-22-23(32-24)12-19(14-29-22)21(16-28-3)26(27)31-20-8-6-4-5-7-9-20/h10-17,20,28H,4-9H2,1-3H3,(H2,27,31)(H,32,33,34)/b21-16-. The molecule has 1 aliphatic rings. The van der Waals surface area contributed by atoms with Gasteiger partial charge in [-0.25, -0.2) is 4.98 Å². The summed E-state index contributed by atoms with van der Waals surface area (Å²) in [7, 11) is 1.86. The van der Waals surface area contributed by atoms with E-state index in [9.17, 15) is 0 Å². The number of nitrogens with two attached hydrogens (primary N) is 1. The summed E-state index contributed by atoms with van der Waals surface area (Å²) in [5, 5.41) is 14.7. The van der Waals surface area contributed by atoms with E-state index >= 15 is 0 Å². The zero-order valence-electron chi connectivity index (χ0n) is 20.3. The molecule has 0 aromatic carbocycles. The Bertz CT molecular complexity index is 1180. The van der Waals surface area contributed by atoms with Crippen LogP contribution >= 0.6 is 0 Å². The summed E-state index contributed by atoms with van der Waals surface area (Å²) >= 11 is 0. The van der Waals surface area contributed by atoms with Crippen LogP contribution in [0.1, 0.15) is 69.4 Å². The van der Waals surface area contributed by atoms with Gasteiger partial charge in [-0.15, -0.1) is 5.10 Å². The molecule has 0 amide bonds. The molecule has 0 atom stereocenters. The first kappa shape index (κ1) is 23.6. The first-order valence-corrected chi connectivity index (χ1v) is 12.1. The van der Waals surface area contributed by atoms with Gasteiger partial charge in [0.15, 0.2) is 5.82 Å². The Morgan fingerprint density at radius 1 is 1.06 bits per heavy atom. The summed E-state index contributed by atoms with van der Waals surface area (Å²) in [5.74, 6) is 2.26. The highest BCUT2D eigenvalue weighted by atomic mass is 15.2. The highest BCUT2D eigenvalue weighted by Crippen LogP contribution is 2.24. The van der Waals surface area contributed by atoms with Crippen molar-refractivity contribution in [1.82, 2.24) is 25.5 Å². The third-order valence-electron chi connectivity index (χ3n) is 6.16. The molecule has 34 heavy (non-hydrogen) atoms. The van der Waals surface area contributed by atoms with Gasteiger partial charge < -0.3 is 16.4 Å². The van der Waals surface area contributed by atoms with Gasteiger partial charge in [-0.05, 0) is 48.6 Å². The Labute approximate surface area is 201 Å². The van der Waals surface area contributed by atoms with Gasteiger partial charge in [0.25, 0.3) is 0 Å². The number of nitrogens with one attached hydrogen (secondary N) is 2. The maximum absolute atomic E-state index is 6.50. The van der Waals surface area contributed by atoms with Crippen molar-refractivity contribution in [2.45, 2.75) is 64.3 Å². The van der Waals surface area contributed by atoms with Crippen LogP contribution < -0.4 is 16.4 Å². The van der Waals surface area contributed by atoms with Crippen LogP contribution in [0.3, 0.4) is 0 Å². The van der Waals surface area contributed by atoms with Crippen molar-refractivity contribution >= 4 is 34.1 Å². The fourth-order valence-electron chi connectivity index (χ4n) is 4.22. The lowest BCUT2D eigenvalue weighted by Gasteiger charge is -2.13. The fraction of sp³-hybridized carbons (Fsp3) is 0.423. The van der Waals surface area contributed by atoms with Crippen molar-refractivity contribution < 1.29 is 0 Å². The lowest BCUT2D eigenvalue weighted by Crippen LogP contribution is -2.20. The van der Waals surface area contributed by atoms with Crippen LogP contribution in [0.4, 0.5) is 11.6 Å². The minimum Gasteiger partial charge on any atom is -0.393 e. The van der Waals surface area contributed by atoms with Crippen LogP contribution in [0.25, 0.3) is 16.6 Å². The van der Waals surface area contributed by atoms with Crippen molar-refractivity contribution in [1.29, 1.82) is 0 Å². The molecule has 0 unspecified atom stereocenters. The number of hydrogen-bond acceptors (Lipinski definition) is 7. The number of hydrogen-bond donors (Lipinski definition) is 3. The Morgan fingerprint density at radius 3 is 2.59 bits per heavy atom. The quantitative estimate of drug-likeness (QED) is 0.261. The molecule has 3 aromatic rings. The third-order valence-corrected chi connectivity index (χ3v) is 6.16. The summed E-state index contributed by atoms with van der Waals surface area (Å²) in [6, 6.07) is 8.12. The SMILES string of the molecule is CN/C=C(\C(N)=NC1CCCCCC1)c1cnc2ccc(Nc3cc(C(C)C)cnn3)nc2c1. The number of nitrogens with zero attached hydrogens (tertiary/aromatic N) is 5. The normalized spacial score (nSPS) is 16.0. The van der Waals surface area contributed by atoms with Crippen molar-refractivity contribution in [3.8, 4) is 0 Å². The number of aliphatic imine (C=N–C) groups is 1. The summed E-state index contributed by atoms with van der Waals surface area (Å²) in [4.78, 5) is 14.3. The molecule has 8 nitrogen and oxygen atoms in total. The monoisotopic (exact) mass is 458 g/mol. The molecule has 8 heteroatoms. The van der Waals surface area contributed by atoms with Gasteiger partial charge in [0, 0.05) is 30.6 Å². The van der Waals surface area contributed by atoms with Crippen LogP contribution in [0.2, 0.25) is 0 Å². The smallest absolute Gasteiger partial charge is 0.154 e. The molecule has 4 rings (SSSR count). The van der Waals surface area contributed by atoms with Gasteiger partial charge >= 0.3 is 0 Å². The largest absolute Gasteiger partial charge is 0.393 e. The highest BCUT2D eigenvalue weighted by Gasteiger charge is 2.15. The van der Waals surface area contributed by atoms with E-state index in [4.69, 9.17) is 15.7 Å². The second-order valence-corrected chi connectivity index (χ2v) is 9.12. The van der Waals surface area contributed by atoms with Crippen LogP contribution in [-0.2, 0) is 0 Å². The maximum atomic E-state index is 6.50. The molecule has 1 fully saturated rings. The molecule has 178 valence electrons. The molecule has 1 saturated carbocycles. The number of fused-ring (bicyclic) bond motifs is 1. The number of pyridine rings is 2. The lowest BCUT2D eigenvalue weighted by molar-refractivity contribution is 0.586. The van der Waals surface area contributed by atoms with Crippen molar-refractivity contribution in [2.75, 3.05) is 12.4 Å². The predicted octanol–water partition coefficient (Wildman–Crippen LogP) is 4.93. The first-order chi connectivity index (χ1) is 16.5. The molecule has 4 N–H and O–H groups in total. The molecule has 0 saturated heterocycles. The summed E-state index contributed by atoms with van der Waals surface area (Å²) in [6.07, 6.45) is 12.7. The molecule has 0 aliphatic heterocycles. The van der Waals surface area contributed by atoms with Gasteiger partial charge in [-0.3, -0.25) is 9.98 Å². The van der Waals surface area contributed by atoms with Gasteiger partial charge in [0.2, 0.25) is 0 Å². The van der Waals surface area contributed by atoms with Crippen LogP contribution in [0, 0.1) is 0 Å². The lowest BCUT2D eigenvalue weighted by atomic mass is 10.1. The average Bonchev–Trinajstić information content (AvgIpc) is 3.11. The third kappa shape index (κ3) is 5.87. The molecule has 3 heterocycles. The molecule has 0 radical (unpaired) electrons. The second-order valence-electron chi connectivity index (χ2n) is 9.12. The maximum Gasteiger partial charge on any atom is 0.154 e. The van der Waals surface area contributed by atoms with Gasteiger partial charge in [0.05, 0.1) is 23.3 Å². The van der Waals surface area contributed by atoms with Crippen molar-refractivity contribution in [2.24, 2.45) is 10.7 Å². The minimum atomic E-state index is 0.285. The Hall–Kier alpha value is -3.55. The molecular formula is C26H34N8. The summed E-state index contributed by atoms with van der Waals surface area (Å²) < 4.78 is 0. The van der Waals surface area contributed by atoms with Gasteiger partial charge in [0.1, 0.15) is 11.7 Å². The summed E-state index contributed by atoms with van der Waals surface area (Å²) in [6.45, 7) is 4.26. The predicted molar refractivity (Wildman–Crippen MR) is 139 cm³/mol. The average molecular weight is 459 g/mol. The van der Waals surface area contributed by atoms with E-state index in [1.54, 1.807) is 6.20 Å². The minimum absolute atomic E-state index is 0.285. The Kier molecular flexibility index (Phi) is 7.67. The van der Waals surface area contributed by atoms with Crippen molar-refractivity contribution in [3.05, 3.63) is 54.0 Å². The molecule has 0 bridgehead atoms. The molecular weight excluding hydrogens is 424 g/mol. The molecule has 0 spiro atoms. The number of amidine groups is 1. The highest BCUT2D eigenvalue weighted by molar-refractivity contribution is 6.22. The zero-order valence-corrected chi connectivity index (χ0v) is 20.3. The van der Waals surface area contributed by atoms with E-state index in [-0.39, 0.29) is 6.04 Å². The van der Waals surface area contributed by atoms with Gasteiger partial charge in [-0.1, -0.05) is 39.5 Å². The second kappa shape index (κ2) is 11.0. The molecule has 1 aliphatic carbocycles. The van der Waals surface area contributed by atoms with Crippen molar-refractivity contribution in [3.63, 3.8) is 0 Å². The van der Waals surface area contributed by atoms with E-state index in [2.05, 4.69) is 39.7 Å². The van der Waals surface area contributed by atoms with Crippen LogP contribution in [-0.4, -0.2) is 39.1 Å². The zero-order chi connectivity index (χ0) is 23.9. The van der Waals surface area contributed by atoms with Crippen LogP contribution in [0.5, 0.6) is 0 Å². The van der Waals surface area contributed by atoms with E-state index < -0.39 is 0 Å². The van der Waals surface area contributed by atoms with E-state index in [1.165, 1.54) is 25.7 Å². The van der Waals surface area contributed by atoms with E-state index in [0.29, 0.717) is 23.4 Å². The fourth-order valence-corrected chi connectivity index (χ4v) is 4.22. The number of aromatic nitrogens is 4. The molecule has 3 aromatic heterocycles. The van der Waals surface area contributed by atoms with E-state index in [0.717, 1.165) is 40.6 Å². The van der Waals surface area contributed by atoms with Crippen LogP contribution in [0.15, 0.2) is 47.9 Å². The number of rotatable bonds is 7. The first-order valence-electron chi connectivity index (χ1n) is 12.1.